The zero-order valence-electron chi connectivity index (χ0n) is 15.6. The molecule has 6 heteroatoms. The molecule has 140 valence electrons. The lowest BCUT2D eigenvalue weighted by atomic mass is 10.1. The smallest absolute Gasteiger partial charge is 0.343 e. The van der Waals surface area contributed by atoms with Gasteiger partial charge in [0.1, 0.15) is 17.3 Å². The maximum absolute atomic E-state index is 12.4. The number of benzene rings is 2. The summed E-state index contributed by atoms with van der Waals surface area (Å²) in [7, 11) is 6.24. The molecule has 0 aliphatic carbocycles. The van der Waals surface area contributed by atoms with Crippen molar-refractivity contribution >= 4 is 17.8 Å². The molecule has 0 aromatic heterocycles. The molecule has 0 spiro atoms. The Kier molecular flexibility index (Phi) is 5.35. The van der Waals surface area contributed by atoms with Gasteiger partial charge in [-0.3, -0.25) is 0 Å². The third-order valence-electron chi connectivity index (χ3n) is 4.14. The van der Waals surface area contributed by atoms with Crippen LogP contribution in [0.25, 0.3) is 11.8 Å². The zero-order chi connectivity index (χ0) is 19.4. The minimum absolute atomic E-state index is 0.398. The van der Waals surface area contributed by atoms with Crippen molar-refractivity contribution < 1.29 is 28.5 Å². The number of carbonyl (C=O) groups is 1. The first kappa shape index (κ1) is 18.4. The molecule has 3 rings (SSSR count). The van der Waals surface area contributed by atoms with Crippen LogP contribution < -0.4 is 18.9 Å². The minimum Gasteiger partial charge on any atom is -0.497 e. The number of carbonyl (C=O) groups excluding carboxylic acids is 1. The van der Waals surface area contributed by atoms with Crippen molar-refractivity contribution in [2.75, 3.05) is 28.4 Å². The average molecular weight is 368 g/mol. The van der Waals surface area contributed by atoms with Crippen LogP contribution in [0.4, 0.5) is 0 Å². The molecular weight excluding hydrogens is 348 g/mol. The van der Waals surface area contributed by atoms with E-state index in [1.807, 2.05) is 12.1 Å². The summed E-state index contributed by atoms with van der Waals surface area (Å²) in [5.74, 6) is 2.29. The van der Waals surface area contributed by atoms with Crippen LogP contribution in [0, 0.1) is 0 Å². The Morgan fingerprint density at radius 3 is 2.33 bits per heavy atom. The van der Waals surface area contributed by atoms with Crippen LogP contribution >= 0.6 is 0 Å². The molecular formula is C21H20O6. The summed E-state index contributed by atoms with van der Waals surface area (Å²) >= 11 is 0. The first-order valence-electron chi connectivity index (χ1n) is 8.20. The van der Waals surface area contributed by atoms with Gasteiger partial charge in [-0.05, 0) is 30.4 Å². The normalized spacial score (nSPS) is 14.6. The molecule has 1 aliphatic rings. The first-order valence-corrected chi connectivity index (χ1v) is 8.20. The lowest BCUT2D eigenvalue weighted by Gasteiger charge is -2.10. The lowest BCUT2D eigenvalue weighted by Crippen LogP contribution is -1.99. The number of para-hydroxylation sites is 1. The third-order valence-corrected chi connectivity index (χ3v) is 4.14. The van der Waals surface area contributed by atoms with Crippen LogP contribution in [-0.2, 0) is 9.53 Å². The fraction of sp³-hybridized carbons (Fsp3) is 0.190. The summed E-state index contributed by atoms with van der Waals surface area (Å²) in [6.07, 6.45) is 3.37. The van der Waals surface area contributed by atoms with Crippen LogP contribution in [0.15, 0.2) is 48.0 Å². The largest absolute Gasteiger partial charge is 0.497 e. The van der Waals surface area contributed by atoms with E-state index in [0.717, 1.165) is 0 Å². The monoisotopic (exact) mass is 368 g/mol. The van der Waals surface area contributed by atoms with E-state index in [9.17, 15) is 4.79 Å². The van der Waals surface area contributed by atoms with Crippen molar-refractivity contribution in [3.05, 3.63) is 59.2 Å². The molecule has 6 nitrogen and oxygen atoms in total. The number of ether oxygens (including phenoxy) is 5. The molecule has 0 saturated carbocycles. The Balaban J connectivity index is 2.02. The second-order valence-electron chi connectivity index (χ2n) is 5.65. The molecule has 0 bridgehead atoms. The van der Waals surface area contributed by atoms with Gasteiger partial charge in [0, 0.05) is 11.6 Å². The van der Waals surface area contributed by atoms with Gasteiger partial charge in [-0.2, -0.15) is 0 Å². The molecule has 0 radical (unpaired) electrons. The van der Waals surface area contributed by atoms with E-state index in [4.69, 9.17) is 23.7 Å². The quantitative estimate of drug-likeness (QED) is 0.572. The number of methoxy groups -OCH3 is 4. The van der Waals surface area contributed by atoms with Gasteiger partial charge in [0.2, 0.25) is 0 Å². The fourth-order valence-electron chi connectivity index (χ4n) is 2.82. The van der Waals surface area contributed by atoms with Crippen molar-refractivity contribution in [3.8, 4) is 23.0 Å². The maximum atomic E-state index is 12.4. The summed E-state index contributed by atoms with van der Waals surface area (Å²) in [5.41, 5.74) is 1.77. The van der Waals surface area contributed by atoms with Crippen molar-refractivity contribution in [1.29, 1.82) is 0 Å². The SMILES string of the molecule is COc1ccc(C2=CC(=Cc3cccc(OC)c3OC)C(=O)O2)c(OC)c1. The summed E-state index contributed by atoms with van der Waals surface area (Å²) < 4.78 is 26.7. The van der Waals surface area contributed by atoms with Gasteiger partial charge in [-0.15, -0.1) is 0 Å². The molecule has 0 fully saturated rings. The molecule has 0 atom stereocenters. The Morgan fingerprint density at radius 1 is 0.889 bits per heavy atom. The highest BCUT2D eigenvalue weighted by atomic mass is 16.5. The van der Waals surface area contributed by atoms with Crippen LogP contribution in [0.3, 0.4) is 0 Å². The van der Waals surface area contributed by atoms with E-state index >= 15 is 0 Å². The number of cyclic esters (lactones) is 1. The maximum Gasteiger partial charge on any atom is 0.343 e. The van der Waals surface area contributed by atoms with Crippen molar-refractivity contribution in [1.82, 2.24) is 0 Å². The van der Waals surface area contributed by atoms with Crippen molar-refractivity contribution in [2.45, 2.75) is 0 Å². The molecule has 2 aromatic carbocycles. The summed E-state index contributed by atoms with van der Waals surface area (Å²) in [5, 5.41) is 0. The van der Waals surface area contributed by atoms with Crippen LogP contribution in [-0.4, -0.2) is 34.4 Å². The van der Waals surface area contributed by atoms with E-state index in [0.29, 0.717) is 45.5 Å². The van der Waals surface area contributed by atoms with Gasteiger partial charge in [0.15, 0.2) is 11.5 Å². The summed E-state index contributed by atoms with van der Waals surface area (Å²) in [6, 6.07) is 10.7. The Morgan fingerprint density at radius 2 is 1.67 bits per heavy atom. The fourth-order valence-corrected chi connectivity index (χ4v) is 2.82. The van der Waals surface area contributed by atoms with Crippen LogP contribution in [0.1, 0.15) is 11.1 Å². The highest BCUT2D eigenvalue weighted by Gasteiger charge is 2.25. The van der Waals surface area contributed by atoms with Crippen LogP contribution in [0.5, 0.6) is 23.0 Å². The first-order chi connectivity index (χ1) is 13.1. The predicted molar refractivity (Wildman–Crippen MR) is 101 cm³/mol. The topological polar surface area (TPSA) is 63.2 Å². The molecule has 1 aliphatic heterocycles. The number of hydrogen-bond acceptors (Lipinski definition) is 6. The second kappa shape index (κ2) is 7.86. The molecule has 2 aromatic rings. The van der Waals surface area contributed by atoms with Gasteiger partial charge >= 0.3 is 5.97 Å². The van der Waals surface area contributed by atoms with E-state index < -0.39 is 5.97 Å². The van der Waals surface area contributed by atoms with E-state index in [-0.39, 0.29) is 0 Å². The van der Waals surface area contributed by atoms with Crippen LogP contribution in [0.2, 0.25) is 0 Å². The average Bonchev–Trinajstić information content (AvgIpc) is 3.07. The predicted octanol–water partition coefficient (Wildman–Crippen LogP) is 3.70. The van der Waals surface area contributed by atoms with E-state index in [1.54, 1.807) is 64.9 Å². The second-order valence-corrected chi connectivity index (χ2v) is 5.65. The van der Waals surface area contributed by atoms with Crippen molar-refractivity contribution in [2.24, 2.45) is 0 Å². The summed E-state index contributed by atoms with van der Waals surface area (Å²) in [6.45, 7) is 0. The van der Waals surface area contributed by atoms with Gasteiger partial charge in [0.05, 0.1) is 39.6 Å². The molecule has 27 heavy (non-hydrogen) atoms. The van der Waals surface area contributed by atoms with Crippen molar-refractivity contribution in [3.63, 3.8) is 0 Å². The van der Waals surface area contributed by atoms with Gasteiger partial charge < -0.3 is 23.7 Å². The molecule has 1 heterocycles. The highest BCUT2D eigenvalue weighted by Crippen LogP contribution is 2.37. The zero-order valence-corrected chi connectivity index (χ0v) is 15.6. The Bertz CT molecular complexity index is 926. The number of rotatable bonds is 6. The third kappa shape index (κ3) is 3.60. The van der Waals surface area contributed by atoms with Gasteiger partial charge in [0.25, 0.3) is 0 Å². The standard InChI is InChI=1S/C21H20O6/c1-23-15-8-9-16(18(12-15)25-3)19-11-14(21(22)27-19)10-13-6-5-7-17(24-2)20(13)26-4/h5-12H,1-4H3. The summed E-state index contributed by atoms with van der Waals surface area (Å²) in [4.78, 5) is 12.4. The van der Waals surface area contributed by atoms with Gasteiger partial charge in [-0.25, -0.2) is 4.79 Å². The molecule has 0 amide bonds. The molecule has 0 unspecified atom stereocenters. The molecule has 0 saturated heterocycles. The molecule has 0 N–H and O–H groups in total. The number of esters is 1. The van der Waals surface area contributed by atoms with E-state index in [2.05, 4.69) is 0 Å². The minimum atomic E-state index is -0.451. The Labute approximate surface area is 157 Å². The highest BCUT2D eigenvalue weighted by molar-refractivity contribution is 6.05. The number of hydrogen-bond donors (Lipinski definition) is 0. The lowest BCUT2D eigenvalue weighted by molar-refractivity contribution is -0.130. The van der Waals surface area contributed by atoms with Gasteiger partial charge in [-0.1, -0.05) is 12.1 Å². The Hall–Kier alpha value is -3.41. The van der Waals surface area contributed by atoms with E-state index in [1.165, 1.54) is 0 Å².